The zero-order chi connectivity index (χ0) is 23.4. The molecule has 0 saturated carbocycles. The Hall–Kier alpha value is -3.49. The number of imidazole rings is 1. The molecule has 3 N–H and O–H groups in total. The van der Waals surface area contributed by atoms with E-state index in [0.717, 1.165) is 16.6 Å². The van der Waals surface area contributed by atoms with Gasteiger partial charge in [0.2, 0.25) is 10.0 Å². The summed E-state index contributed by atoms with van der Waals surface area (Å²) in [5.41, 5.74) is 3.15. The third-order valence-electron chi connectivity index (χ3n) is 5.14. The molecule has 0 fully saturated rings. The van der Waals surface area contributed by atoms with Gasteiger partial charge in [0.1, 0.15) is 5.82 Å². The van der Waals surface area contributed by atoms with Gasteiger partial charge < -0.3 is 10.3 Å². The minimum absolute atomic E-state index is 0.117. The van der Waals surface area contributed by atoms with Gasteiger partial charge in [-0.05, 0) is 62.2 Å². The first-order valence-corrected chi connectivity index (χ1v) is 12.2. The van der Waals surface area contributed by atoms with Crippen molar-refractivity contribution in [1.82, 2.24) is 20.0 Å². The van der Waals surface area contributed by atoms with Crippen LogP contribution in [0.5, 0.6) is 0 Å². The summed E-state index contributed by atoms with van der Waals surface area (Å²) >= 11 is 0. The van der Waals surface area contributed by atoms with Crippen molar-refractivity contribution >= 4 is 27.0 Å². The third-order valence-corrected chi connectivity index (χ3v) is 6.82. The molecule has 0 spiro atoms. The number of carbonyl (C=O) groups is 1. The van der Waals surface area contributed by atoms with Crippen LogP contribution < -0.4 is 10.0 Å². The standard InChI is InChI=1S/C25H26N4O3S/c1-17(2)29-33(31,32)20-14-12-19(13-15-20)25(30)28-23(16-18-8-4-3-5-9-18)24-26-21-10-6-7-11-22(21)27-24/h3-15,17,23,29H,16H2,1-2H3,(H,26,27)(H,28,30)/t23-/m0/s1. The number of benzene rings is 3. The Morgan fingerprint density at radius 3 is 2.27 bits per heavy atom. The topological polar surface area (TPSA) is 104 Å². The molecular formula is C25H26N4O3S. The molecule has 33 heavy (non-hydrogen) atoms. The molecule has 0 aliphatic carbocycles. The van der Waals surface area contributed by atoms with Gasteiger partial charge in [0.05, 0.1) is 22.0 Å². The lowest BCUT2D eigenvalue weighted by molar-refractivity contribution is 0.0934. The van der Waals surface area contributed by atoms with Gasteiger partial charge in [-0.1, -0.05) is 42.5 Å². The lowest BCUT2D eigenvalue weighted by Gasteiger charge is -2.17. The number of nitrogens with zero attached hydrogens (tertiary/aromatic N) is 1. The summed E-state index contributed by atoms with van der Waals surface area (Å²) in [5, 5.41) is 3.05. The van der Waals surface area contributed by atoms with E-state index in [1.54, 1.807) is 13.8 Å². The maximum Gasteiger partial charge on any atom is 0.251 e. The van der Waals surface area contributed by atoms with Crippen molar-refractivity contribution in [3.05, 3.63) is 95.8 Å². The van der Waals surface area contributed by atoms with Crippen LogP contribution in [0.15, 0.2) is 83.8 Å². The molecule has 0 radical (unpaired) electrons. The van der Waals surface area contributed by atoms with E-state index in [1.807, 2.05) is 54.6 Å². The highest BCUT2D eigenvalue weighted by molar-refractivity contribution is 7.89. The highest BCUT2D eigenvalue weighted by atomic mass is 32.2. The fourth-order valence-electron chi connectivity index (χ4n) is 3.61. The van der Waals surface area contributed by atoms with E-state index in [2.05, 4.69) is 20.0 Å². The zero-order valence-corrected chi connectivity index (χ0v) is 19.3. The maximum absolute atomic E-state index is 13.1. The number of nitrogens with one attached hydrogen (secondary N) is 3. The Morgan fingerprint density at radius 1 is 0.939 bits per heavy atom. The van der Waals surface area contributed by atoms with Crippen LogP contribution in [-0.4, -0.2) is 30.3 Å². The fraction of sp³-hybridized carbons (Fsp3) is 0.200. The smallest absolute Gasteiger partial charge is 0.251 e. The molecule has 170 valence electrons. The minimum atomic E-state index is -3.62. The number of para-hydroxylation sites is 2. The van der Waals surface area contributed by atoms with Gasteiger partial charge in [-0.15, -0.1) is 0 Å². The summed E-state index contributed by atoms with van der Waals surface area (Å²) in [6, 6.07) is 22.9. The number of sulfonamides is 1. The van der Waals surface area contributed by atoms with Crippen molar-refractivity contribution in [2.24, 2.45) is 0 Å². The molecule has 1 aromatic heterocycles. The van der Waals surface area contributed by atoms with Gasteiger partial charge in [0.15, 0.2) is 0 Å². The van der Waals surface area contributed by atoms with E-state index in [0.29, 0.717) is 17.8 Å². The monoisotopic (exact) mass is 462 g/mol. The highest BCUT2D eigenvalue weighted by Crippen LogP contribution is 2.21. The first kappa shape index (κ1) is 22.7. The van der Waals surface area contributed by atoms with Gasteiger partial charge in [-0.25, -0.2) is 18.1 Å². The van der Waals surface area contributed by atoms with Crippen molar-refractivity contribution in [2.45, 2.75) is 37.2 Å². The number of aromatic nitrogens is 2. The second-order valence-corrected chi connectivity index (χ2v) is 9.87. The number of hydrogen-bond donors (Lipinski definition) is 3. The molecule has 3 aromatic carbocycles. The number of hydrogen-bond acceptors (Lipinski definition) is 4. The lowest BCUT2D eigenvalue weighted by Crippen LogP contribution is -2.31. The summed E-state index contributed by atoms with van der Waals surface area (Å²) in [4.78, 5) is 21.1. The largest absolute Gasteiger partial charge is 0.342 e. The van der Waals surface area contributed by atoms with Crippen LogP contribution in [0, 0.1) is 0 Å². The first-order chi connectivity index (χ1) is 15.8. The predicted molar refractivity (Wildman–Crippen MR) is 128 cm³/mol. The summed E-state index contributed by atoms with van der Waals surface area (Å²) in [6.07, 6.45) is 0.553. The molecule has 7 nitrogen and oxygen atoms in total. The van der Waals surface area contributed by atoms with E-state index in [4.69, 9.17) is 0 Å². The average Bonchev–Trinajstić information content (AvgIpc) is 3.23. The Bertz CT molecular complexity index is 1310. The summed E-state index contributed by atoms with van der Waals surface area (Å²) in [5.74, 6) is 0.353. The SMILES string of the molecule is CC(C)NS(=O)(=O)c1ccc(C(=O)N[C@@H](Cc2ccccc2)c2nc3ccccc3[nH]2)cc1. The van der Waals surface area contributed by atoms with Crippen LogP contribution in [0.25, 0.3) is 11.0 Å². The molecule has 1 heterocycles. The Morgan fingerprint density at radius 2 is 1.61 bits per heavy atom. The number of rotatable bonds is 8. The van der Waals surface area contributed by atoms with Crippen molar-refractivity contribution in [3.63, 3.8) is 0 Å². The molecule has 1 amide bonds. The van der Waals surface area contributed by atoms with Gasteiger partial charge in [-0.2, -0.15) is 0 Å². The minimum Gasteiger partial charge on any atom is -0.342 e. The molecule has 0 saturated heterocycles. The van der Waals surface area contributed by atoms with Gasteiger partial charge >= 0.3 is 0 Å². The second kappa shape index (κ2) is 9.56. The third kappa shape index (κ3) is 5.47. The van der Waals surface area contributed by atoms with Crippen molar-refractivity contribution in [1.29, 1.82) is 0 Å². The molecular weight excluding hydrogens is 436 g/mol. The van der Waals surface area contributed by atoms with Crippen LogP contribution in [0.4, 0.5) is 0 Å². The van der Waals surface area contributed by atoms with Crippen molar-refractivity contribution in [3.8, 4) is 0 Å². The molecule has 0 bridgehead atoms. The molecule has 0 unspecified atom stereocenters. The second-order valence-electron chi connectivity index (χ2n) is 8.16. The van der Waals surface area contributed by atoms with Crippen molar-refractivity contribution in [2.75, 3.05) is 0 Å². The zero-order valence-electron chi connectivity index (χ0n) is 18.4. The number of fused-ring (bicyclic) bond motifs is 1. The Kier molecular flexibility index (Phi) is 6.57. The van der Waals surface area contributed by atoms with E-state index in [-0.39, 0.29) is 16.8 Å². The van der Waals surface area contributed by atoms with Gasteiger partial charge in [0, 0.05) is 11.6 Å². The first-order valence-electron chi connectivity index (χ1n) is 10.7. The van der Waals surface area contributed by atoms with Gasteiger partial charge in [0.25, 0.3) is 5.91 Å². The molecule has 4 rings (SSSR count). The van der Waals surface area contributed by atoms with Crippen LogP contribution in [0.3, 0.4) is 0 Å². The maximum atomic E-state index is 13.1. The molecule has 0 aliphatic heterocycles. The van der Waals surface area contributed by atoms with E-state index in [1.165, 1.54) is 24.3 Å². The number of carbonyl (C=O) groups excluding carboxylic acids is 1. The number of aromatic amines is 1. The molecule has 4 aromatic rings. The summed E-state index contributed by atoms with van der Waals surface area (Å²) in [7, 11) is -3.62. The highest BCUT2D eigenvalue weighted by Gasteiger charge is 2.21. The van der Waals surface area contributed by atoms with E-state index >= 15 is 0 Å². The summed E-state index contributed by atoms with van der Waals surface area (Å²) in [6.45, 7) is 3.51. The Labute approximate surface area is 193 Å². The van der Waals surface area contributed by atoms with E-state index < -0.39 is 16.1 Å². The predicted octanol–water partition coefficient (Wildman–Crippen LogP) is 3.96. The lowest BCUT2D eigenvalue weighted by atomic mass is 10.0. The Balaban J connectivity index is 1.58. The summed E-state index contributed by atoms with van der Waals surface area (Å²) < 4.78 is 27.2. The number of H-pyrrole nitrogens is 1. The fourth-order valence-corrected chi connectivity index (χ4v) is 4.86. The molecule has 0 aliphatic rings. The molecule has 1 atom stereocenters. The van der Waals surface area contributed by atoms with E-state index in [9.17, 15) is 13.2 Å². The van der Waals surface area contributed by atoms with Crippen LogP contribution >= 0.6 is 0 Å². The number of amides is 1. The van der Waals surface area contributed by atoms with Gasteiger partial charge in [-0.3, -0.25) is 4.79 Å². The van der Waals surface area contributed by atoms with Crippen LogP contribution in [-0.2, 0) is 16.4 Å². The normalized spacial score (nSPS) is 12.7. The van der Waals surface area contributed by atoms with Crippen molar-refractivity contribution < 1.29 is 13.2 Å². The van der Waals surface area contributed by atoms with Crippen LogP contribution in [0.1, 0.15) is 41.6 Å². The molecule has 8 heteroatoms. The average molecular weight is 463 g/mol. The quantitative estimate of drug-likeness (QED) is 0.369. The van der Waals surface area contributed by atoms with Crippen LogP contribution in [0.2, 0.25) is 0 Å².